The summed E-state index contributed by atoms with van der Waals surface area (Å²) in [5.74, 6) is -0.758. The third kappa shape index (κ3) is 2.53. The Kier molecular flexibility index (Phi) is 3.97. The molecule has 1 unspecified atom stereocenters. The van der Waals surface area contributed by atoms with E-state index in [9.17, 15) is 9.18 Å². The highest BCUT2D eigenvalue weighted by Crippen LogP contribution is 2.33. The van der Waals surface area contributed by atoms with Gasteiger partial charge in [0.25, 0.3) is 0 Å². The second-order valence-electron chi connectivity index (χ2n) is 4.48. The van der Waals surface area contributed by atoms with Crippen LogP contribution < -0.4 is 0 Å². The van der Waals surface area contributed by atoms with Crippen LogP contribution in [0, 0.1) is 5.82 Å². The van der Waals surface area contributed by atoms with Gasteiger partial charge in [0.05, 0.1) is 18.8 Å². The van der Waals surface area contributed by atoms with Crippen LogP contribution in [0.25, 0.3) is 0 Å². The summed E-state index contributed by atoms with van der Waals surface area (Å²) in [7, 11) is 1.29. The van der Waals surface area contributed by atoms with Gasteiger partial charge in [-0.05, 0) is 36.6 Å². The van der Waals surface area contributed by atoms with Gasteiger partial charge in [-0.15, -0.1) is 0 Å². The highest BCUT2D eigenvalue weighted by atomic mass is 19.1. The summed E-state index contributed by atoms with van der Waals surface area (Å²) in [6.07, 6.45) is 1.86. The van der Waals surface area contributed by atoms with E-state index in [0.29, 0.717) is 6.61 Å². The normalized spacial score (nSPS) is 23.1. The molecular weight excluding hydrogens is 235 g/mol. The molecular formula is C14H17FO3. The van der Waals surface area contributed by atoms with Crippen molar-refractivity contribution < 1.29 is 18.7 Å². The van der Waals surface area contributed by atoms with Crippen LogP contribution in [-0.4, -0.2) is 25.8 Å². The van der Waals surface area contributed by atoms with Gasteiger partial charge in [-0.2, -0.15) is 0 Å². The number of carbonyl (C=O) groups excluding carboxylic acids is 1. The molecule has 0 amide bonds. The van der Waals surface area contributed by atoms with Crippen LogP contribution in [0.4, 0.5) is 4.39 Å². The fourth-order valence-electron chi connectivity index (χ4n) is 2.49. The molecule has 1 aliphatic rings. The van der Waals surface area contributed by atoms with Crippen LogP contribution in [0.3, 0.4) is 0 Å². The number of ether oxygens (including phenoxy) is 2. The lowest BCUT2D eigenvalue weighted by atomic mass is 9.90. The van der Waals surface area contributed by atoms with Crippen LogP contribution in [0.15, 0.2) is 18.2 Å². The van der Waals surface area contributed by atoms with E-state index in [0.717, 1.165) is 18.4 Å². The predicted molar refractivity (Wildman–Crippen MR) is 65.1 cm³/mol. The number of halogens is 1. The smallest absolute Gasteiger partial charge is 0.337 e. The molecule has 0 bridgehead atoms. The van der Waals surface area contributed by atoms with Gasteiger partial charge in [-0.1, -0.05) is 6.92 Å². The Morgan fingerprint density at radius 2 is 2.28 bits per heavy atom. The van der Waals surface area contributed by atoms with Crippen molar-refractivity contribution in [1.29, 1.82) is 0 Å². The monoisotopic (exact) mass is 252 g/mol. The molecule has 1 fully saturated rings. The zero-order valence-corrected chi connectivity index (χ0v) is 10.6. The molecule has 0 N–H and O–H groups in total. The molecule has 1 saturated heterocycles. The van der Waals surface area contributed by atoms with Crippen LogP contribution >= 0.6 is 0 Å². The van der Waals surface area contributed by atoms with Crippen LogP contribution in [0.5, 0.6) is 0 Å². The van der Waals surface area contributed by atoms with E-state index in [1.54, 1.807) is 6.07 Å². The summed E-state index contributed by atoms with van der Waals surface area (Å²) in [5, 5.41) is 0. The maximum atomic E-state index is 13.6. The maximum Gasteiger partial charge on any atom is 0.337 e. The largest absolute Gasteiger partial charge is 0.465 e. The van der Waals surface area contributed by atoms with Gasteiger partial charge in [0, 0.05) is 12.5 Å². The third-order valence-corrected chi connectivity index (χ3v) is 3.38. The molecule has 0 saturated carbocycles. The van der Waals surface area contributed by atoms with E-state index in [1.165, 1.54) is 19.2 Å². The molecule has 18 heavy (non-hydrogen) atoms. The summed E-state index contributed by atoms with van der Waals surface area (Å²) >= 11 is 0. The molecule has 1 heterocycles. The molecule has 0 spiro atoms. The van der Waals surface area contributed by atoms with Crippen molar-refractivity contribution in [3.63, 3.8) is 0 Å². The number of benzene rings is 1. The maximum absolute atomic E-state index is 13.6. The van der Waals surface area contributed by atoms with Crippen molar-refractivity contribution in [2.45, 2.75) is 31.8 Å². The fourth-order valence-corrected chi connectivity index (χ4v) is 2.49. The molecule has 2 rings (SSSR count). The molecule has 0 aromatic heterocycles. The number of methoxy groups -OCH3 is 1. The topological polar surface area (TPSA) is 35.5 Å². The molecule has 2 atom stereocenters. The van der Waals surface area contributed by atoms with E-state index in [2.05, 4.69) is 4.74 Å². The molecule has 0 radical (unpaired) electrons. The van der Waals surface area contributed by atoms with Gasteiger partial charge >= 0.3 is 5.97 Å². The summed E-state index contributed by atoms with van der Waals surface area (Å²) in [6.45, 7) is 2.73. The summed E-state index contributed by atoms with van der Waals surface area (Å²) in [5.41, 5.74) is 1.08. The van der Waals surface area contributed by atoms with Crippen molar-refractivity contribution >= 4 is 5.97 Å². The van der Waals surface area contributed by atoms with Crippen LogP contribution in [-0.2, 0) is 9.47 Å². The first-order valence-corrected chi connectivity index (χ1v) is 6.16. The third-order valence-electron chi connectivity index (χ3n) is 3.38. The Balaban J connectivity index is 2.33. The predicted octanol–water partition coefficient (Wildman–Crippen LogP) is 2.89. The highest BCUT2D eigenvalue weighted by Gasteiger charge is 2.29. The quantitative estimate of drug-likeness (QED) is 0.776. The fraction of sp³-hybridized carbons (Fsp3) is 0.500. The lowest BCUT2D eigenvalue weighted by Gasteiger charge is -2.17. The number of carbonyl (C=O) groups is 1. The number of esters is 1. The van der Waals surface area contributed by atoms with Gasteiger partial charge in [-0.25, -0.2) is 9.18 Å². The van der Waals surface area contributed by atoms with Gasteiger partial charge in [0.15, 0.2) is 0 Å². The Hall–Kier alpha value is -1.42. The highest BCUT2D eigenvalue weighted by molar-refractivity contribution is 5.89. The molecule has 98 valence electrons. The van der Waals surface area contributed by atoms with E-state index >= 15 is 0 Å². The SMILES string of the molecule is CC[C@H]1OCCC1c1cc(F)cc(C(=O)OC)c1. The van der Waals surface area contributed by atoms with Crippen LogP contribution in [0.1, 0.15) is 41.6 Å². The Bertz CT molecular complexity index is 445. The molecule has 1 aromatic carbocycles. The van der Waals surface area contributed by atoms with Crippen molar-refractivity contribution in [2.75, 3.05) is 13.7 Å². The Morgan fingerprint density at radius 3 is 2.94 bits per heavy atom. The number of hydrogen-bond donors (Lipinski definition) is 0. The van der Waals surface area contributed by atoms with E-state index in [-0.39, 0.29) is 17.6 Å². The van der Waals surface area contributed by atoms with Crippen molar-refractivity contribution in [3.05, 3.63) is 35.1 Å². The Morgan fingerprint density at radius 1 is 1.50 bits per heavy atom. The first kappa shape index (κ1) is 13.0. The van der Waals surface area contributed by atoms with Crippen molar-refractivity contribution in [3.8, 4) is 0 Å². The second-order valence-corrected chi connectivity index (χ2v) is 4.48. The lowest BCUT2D eigenvalue weighted by Crippen LogP contribution is -2.14. The van der Waals surface area contributed by atoms with Crippen LogP contribution in [0.2, 0.25) is 0 Å². The summed E-state index contributed by atoms with van der Waals surface area (Å²) in [4.78, 5) is 11.5. The average molecular weight is 252 g/mol. The van der Waals surface area contributed by atoms with Gasteiger partial charge in [0.1, 0.15) is 5.82 Å². The minimum absolute atomic E-state index is 0.109. The van der Waals surface area contributed by atoms with E-state index in [1.807, 2.05) is 6.92 Å². The minimum atomic E-state index is -0.511. The number of hydrogen-bond acceptors (Lipinski definition) is 3. The lowest BCUT2D eigenvalue weighted by molar-refractivity contribution is 0.0599. The number of rotatable bonds is 3. The van der Waals surface area contributed by atoms with E-state index in [4.69, 9.17) is 4.74 Å². The van der Waals surface area contributed by atoms with Gasteiger partial charge < -0.3 is 9.47 Å². The molecule has 0 aliphatic carbocycles. The minimum Gasteiger partial charge on any atom is -0.465 e. The first-order chi connectivity index (χ1) is 8.65. The Labute approximate surface area is 106 Å². The van der Waals surface area contributed by atoms with Gasteiger partial charge in [0.2, 0.25) is 0 Å². The average Bonchev–Trinajstić information content (AvgIpc) is 2.85. The van der Waals surface area contributed by atoms with E-state index < -0.39 is 11.8 Å². The zero-order valence-electron chi connectivity index (χ0n) is 10.6. The van der Waals surface area contributed by atoms with Gasteiger partial charge in [-0.3, -0.25) is 0 Å². The van der Waals surface area contributed by atoms with Crippen molar-refractivity contribution in [1.82, 2.24) is 0 Å². The standard InChI is InChI=1S/C14H17FO3/c1-3-13-12(4-5-18-13)9-6-10(14(16)17-2)8-11(15)7-9/h6-8,12-13H,3-5H2,1-2H3/t12?,13-/m1/s1. The molecule has 4 heteroatoms. The summed E-state index contributed by atoms with van der Waals surface area (Å²) < 4.78 is 23.8. The zero-order chi connectivity index (χ0) is 13.1. The summed E-state index contributed by atoms with van der Waals surface area (Å²) in [6, 6.07) is 4.39. The van der Waals surface area contributed by atoms with Crippen molar-refractivity contribution in [2.24, 2.45) is 0 Å². The first-order valence-electron chi connectivity index (χ1n) is 6.16. The molecule has 1 aromatic rings. The second kappa shape index (κ2) is 5.48. The molecule has 1 aliphatic heterocycles. The molecule has 3 nitrogen and oxygen atoms in total.